The SMILES string of the molecule is COc1ccc(-c2cc([N+](=O)[O-])cc(C#N)c2-c2cc(Cl)ccc2C)cc1. The molecule has 3 aromatic rings. The fraction of sp³-hybridized carbons (Fsp3) is 0.0952. The molecule has 0 amide bonds. The van der Waals surface area contributed by atoms with Crippen molar-refractivity contribution in [3.05, 3.63) is 80.9 Å². The number of ether oxygens (including phenoxy) is 1. The lowest BCUT2D eigenvalue weighted by molar-refractivity contribution is -0.384. The molecule has 0 radical (unpaired) electrons. The van der Waals surface area contributed by atoms with Crippen LogP contribution >= 0.6 is 11.6 Å². The Balaban J connectivity index is 2.38. The lowest BCUT2D eigenvalue weighted by atomic mass is 9.88. The summed E-state index contributed by atoms with van der Waals surface area (Å²) in [5, 5.41) is 21.6. The van der Waals surface area contributed by atoms with Gasteiger partial charge in [0.2, 0.25) is 0 Å². The van der Waals surface area contributed by atoms with Crippen LogP contribution < -0.4 is 4.74 Å². The Hall–Kier alpha value is -3.36. The van der Waals surface area contributed by atoms with E-state index in [0.29, 0.717) is 21.9 Å². The highest BCUT2D eigenvalue weighted by atomic mass is 35.5. The minimum atomic E-state index is -0.498. The maximum absolute atomic E-state index is 11.4. The van der Waals surface area contributed by atoms with Gasteiger partial charge in [-0.15, -0.1) is 0 Å². The lowest BCUT2D eigenvalue weighted by Crippen LogP contribution is -1.97. The van der Waals surface area contributed by atoms with Crippen LogP contribution in [0.25, 0.3) is 22.3 Å². The quantitative estimate of drug-likeness (QED) is 0.426. The number of rotatable bonds is 4. The van der Waals surface area contributed by atoms with E-state index >= 15 is 0 Å². The molecule has 5 nitrogen and oxygen atoms in total. The molecule has 0 bridgehead atoms. The zero-order chi connectivity index (χ0) is 19.6. The number of hydrogen-bond donors (Lipinski definition) is 0. The second-order valence-corrected chi connectivity index (χ2v) is 6.41. The highest BCUT2D eigenvalue weighted by Crippen LogP contribution is 2.40. The van der Waals surface area contributed by atoms with Crippen LogP contribution in [0, 0.1) is 28.4 Å². The fourth-order valence-electron chi connectivity index (χ4n) is 2.97. The molecule has 0 aliphatic carbocycles. The third kappa shape index (κ3) is 3.62. The van der Waals surface area contributed by atoms with Crippen molar-refractivity contribution in [2.24, 2.45) is 0 Å². The molecule has 0 aromatic heterocycles. The molecule has 6 heteroatoms. The first-order chi connectivity index (χ1) is 12.9. The Labute approximate surface area is 161 Å². The number of methoxy groups -OCH3 is 1. The number of nitriles is 1. The summed E-state index contributed by atoms with van der Waals surface area (Å²) in [7, 11) is 1.57. The average Bonchev–Trinajstić information content (AvgIpc) is 2.68. The Kier molecular flexibility index (Phi) is 5.11. The summed E-state index contributed by atoms with van der Waals surface area (Å²) < 4.78 is 5.18. The zero-order valence-electron chi connectivity index (χ0n) is 14.7. The molecule has 0 spiro atoms. The van der Waals surface area contributed by atoms with E-state index in [4.69, 9.17) is 16.3 Å². The molecule has 3 aromatic carbocycles. The smallest absolute Gasteiger partial charge is 0.271 e. The van der Waals surface area contributed by atoms with Crippen LogP contribution in [0.15, 0.2) is 54.6 Å². The Bertz CT molecular complexity index is 1070. The number of nitro benzene ring substituents is 1. The van der Waals surface area contributed by atoms with Gasteiger partial charge < -0.3 is 4.74 Å². The minimum Gasteiger partial charge on any atom is -0.497 e. The predicted octanol–water partition coefficient (Wildman–Crippen LogP) is 5.77. The first-order valence-electron chi connectivity index (χ1n) is 8.08. The Morgan fingerprint density at radius 1 is 1.07 bits per heavy atom. The Morgan fingerprint density at radius 3 is 2.37 bits per heavy atom. The highest BCUT2D eigenvalue weighted by Gasteiger charge is 2.20. The van der Waals surface area contributed by atoms with Crippen molar-refractivity contribution in [3.8, 4) is 34.1 Å². The highest BCUT2D eigenvalue weighted by molar-refractivity contribution is 6.31. The second kappa shape index (κ2) is 7.48. The van der Waals surface area contributed by atoms with Crippen LogP contribution in [-0.2, 0) is 0 Å². The summed E-state index contributed by atoms with van der Waals surface area (Å²) in [4.78, 5) is 10.9. The van der Waals surface area contributed by atoms with Gasteiger partial charge in [-0.1, -0.05) is 29.8 Å². The van der Waals surface area contributed by atoms with Gasteiger partial charge in [-0.3, -0.25) is 10.1 Å². The zero-order valence-corrected chi connectivity index (χ0v) is 15.4. The standard InChI is InChI=1S/C21H15ClN2O3/c1-13-3-6-16(22)10-19(13)21-15(12-23)9-17(24(25)26)11-20(21)14-4-7-18(27-2)8-5-14/h3-11H,1-2H3. The van der Waals surface area contributed by atoms with Gasteiger partial charge in [0.25, 0.3) is 5.69 Å². The summed E-state index contributed by atoms with van der Waals surface area (Å²) >= 11 is 6.17. The Morgan fingerprint density at radius 2 is 1.78 bits per heavy atom. The van der Waals surface area contributed by atoms with Gasteiger partial charge in [0.05, 0.1) is 17.6 Å². The molecule has 3 rings (SSSR count). The van der Waals surface area contributed by atoms with Crippen molar-refractivity contribution >= 4 is 17.3 Å². The number of aryl methyl sites for hydroxylation is 1. The van der Waals surface area contributed by atoms with E-state index in [9.17, 15) is 15.4 Å². The van der Waals surface area contributed by atoms with Crippen molar-refractivity contribution < 1.29 is 9.66 Å². The normalized spacial score (nSPS) is 10.3. The van der Waals surface area contributed by atoms with E-state index in [0.717, 1.165) is 16.7 Å². The van der Waals surface area contributed by atoms with Crippen LogP contribution in [0.1, 0.15) is 11.1 Å². The predicted molar refractivity (Wildman–Crippen MR) is 105 cm³/mol. The molecule has 134 valence electrons. The van der Waals surface area contributed by atoms with E-state index in [2.05, 4.69) is 6.07 Å². The number of non-ortho nitro benzene ring substituents is 1. The van der Waals surface area contributed by atoms with E-state index in [-0.39, 0.29) is 11.3 Å². The molecule has 0 aliphatic rings. The van der Waals surface area contributed by atoms with E-state index in [1.165, 1.54) is 12.1 Å². The molecule has 27 heavy (non-hydrogen) atoms. The molecular weight excluding hydrogens is 364 g/mol. The molecule has 0 aliphatic heterocycles. The molecule has 0 fully saturated rings. The van der Waals surface area contributed by atoms with Gasteiger partial charge in [0.1, 0.15) is 11.8 Å². The average molecular weight is 379 g/mol. The van der Waals surface area contributed by atoms with Crippen LogP contribution in [0.4, 0.5) is 5.69 Å². The third-order valence-electron chi connectivity index (χ3n) is 4.32. The topological polar surface area (TPSA) is 76.2 Å². The molecule has 0 heterocycles. The monoisotopic (exact) mass is 378 g/mol. The molecule has 0 saturated heterocycles. The van der Waals surface area contributed by atoms with Crippen molar-refractivity contribution in [3.63, 3.8) is 0 Å². The van der Waals surface area contributed by atoms with Gasteiger partial charge in [0, 0.05) is 22.7 Å². The van der Waals surface area contributed by atoms with Crippen molar-refractivity contribution in [1.29, 1.82) is 5.26 Å². The summed E-state index contributed by atoms with van der Waals surface area (Å²) in [5.74, 6) is 0.671. The molecule has 0 unspecified atom stereocenters. The van der Waals surface area contributed by atoms with Crippen LogP contribution in [0.5, 0.6) is 5.75 Å². The van der Waals surface area contributed by atoms with E-state index in [1.54, 1.807) is 31.4 Å². The number of nitrogens with zero attached hydrogens (tertiary/aromatic N) is 2. The van der Waals surface area contributed by atoms with Gasteiger partial charge in [0.15, 0.2) is 0 Å². The van der Waals surface area contributed by atoms with Crippen LogP contribution in [-0.4, -0.2) is 12.0 Å². The first-order valence-corrected chi connectivity index (χ1v) is 8.46. The molecule has 0 atom stereocenters. The van der Waals surface area contributed by atoms with Crippen molar-refractivity contribution in [2.45, 2.75) is 6.92 Å². The number of nitro groups is 1. The van der Waals surface area contributed by atoms with Gasteiger partial charge in [-0.25, -0.2) is 0 Å². The van der Waals surface area contributed by atoms with Crippen LogP contribution in [0.2, 0.25) is 5.02 Å². The van der Waals surface area contributed by atoms with Gasteiger partial charge in [-0.05, 0) is 53.4 Å². The third-order valence-corrected chi connectivity index (χ3v) is 4.56. The first kappa shape index (κ1) is 18.4. The maximum atomic E-state index is 11.4. The summed E-state index contributed by atoms with van der Waals surface area (Å²) in [6.45, 7) is 1.91. The largest absolute Gasteiger partial charge is 0.497 e. The number of hydrogen-bond acceptors (Lipinski definition) is 4. The minimum absolute atomic E-state index is 0.138. The summed E-state index contributed by atoms with van der Waals surface area (Å²) in [6.07, 6.45) is 0. The summed E-state index contributed by atoms with van der Waals surface area (Å²) in [5.41, 5.74) is 3.72. The number of halogens is 1. The fourth-order valence-corrected chi connectivity index (χ4v) is 3.14. The summed E-state index contributed by atoms with van der Waals surface area (Å²) in [6, 6.07) is 17.4. The molecule has 0 saturated carbocycles. The van der Waals surface area contributed by atoms with Crippen LogP contribution in [0.3, 0.4) is 0 Å². The van der Waals surface area contributed by atoms with Crippen molar-refractivity contribution in [2.75, 3.05) is 7.11 Å². The van der Waals surface area contributed by atoms with E-state index < -0.39 is 4.92 Å². The lowest BCUT2D eigenvalue weighted by Gasteiger charge is -2.15. The second-order valence-electron chi connectivity index (χ2n) is 5.97. The molecule has 0 N–H and O–H groups in total. The van der Waals surface area contributed by atoms with Gasteiger partial charge in [-0.2, -0.15) is 5.26 Å². The van der Waals surface area contributed by atoms with Crippen molar-refractivity contribution in [1.82, 2.24) is 0 Å². The van der Waals surface area contributed by atoms with E-state index in [1.807, 2.05) is 25.1 Å². The van der Waals surface area contributed by atoms with Gasteiger partial charge >= 0.3 is 0 Å². The molecular formula is C21H15ClN2O3. The number of benzene rings is 3. The maximum Gasteiger partial charge on any atom is 0.271 e.